The van der Waals surface area contributed by atoms with Crippen LogP contribution in [0.2, 0.25) is 0 Å². The molecule has 0 aliphatic rings. The number of ether oxygens (including phenoxy) is 1. The van der Waals surface area contributed by atoms with E-state index in [2.05, 4.69) is 15.0 Å². The SMILES string of the molecule is O=C(O)CSCCNC(=O)c1cc2ccc(OC(F)(F)F)cc2[nH]1. The number of amides is 1. The molecule has 0 spiro atoms. The number of carbonyl (C=O) groups is 2. The fourth-order valence-corrected chi connectivity index (χ4v) is 2.48. The Kier molecular flexibility index (Phi) is 5.60. The van der Waals surface area contributed by atoms with Crippen LogP contribution in [0.5, 0.6) is 5.75 Å². The predicted octanol–water partition coefficient (Wildman–Crippen LogP) is 2.61. The molecule has 1 aromatic heterocycles. The van der Waals surface area contributed by atoms with Crippen molar-refractivity contribution < 1.29 is 32.6 Å². The minimum absolute atomic E-state index is 0.0513. The fourth-order valence-electron chi connectivity index (χ4n) is 1.92. The van der Waals surface area contributed by atoms with Crippen LogP contribution >= 0.6 is 11.8 Å². The second kappa shape index (κ2) is 7.47. The number of carboxylic acid groups (broad SMARTS) is 1. The van der Waals surface area contributed by atoms with Gasteiger partial charge in [0, 0.05) is 29.3 Å². The van der Waals surface area contributed by atoms with E-state index in [1.165, 1.54) is 12.1 Å². The molecule has 0 aliphatic heterocycles. The molecule has 130 valence electrons. The molecule has 0 fully saturated rings. The minimum atomic E-state index is -4.78. The number of thioether (sulfide) groups is 1. The number of carbonyl (C=O) groups excluding carboxylic acids is 1. The summed E-state index contributed by atoms with van der Waals surface area (Å²) in [5.74, 6) is -1.36. The number of benzene rings is 1. The smallest absolute Gasteiger partial charge is 0.481 e. The highest BCUT2D eigenvalue weighted by molar-refractivity contribution is 7.99. The van der Waals surface area contributed by atoms with Crippen molar-refractivity contribution >= 4 is 34.5 Å². The summed E-state index contributed by atoms with van der Waals surface area (Å²) in [6, 6.07) is 5.23. The molecule has 24 heavy (non-hydrogen) atoms. The van der Waals surface area contributed by atoms with Crippen molar-refractivity contribution in [2.75, 3.05) is 18.1 Å². The lowest BCUT2D eigenvalue weighted by molar-refractivity contribution is -0.274. The Balaban J connectivity index is 1.97. The Morgan fingerprint density at radius 1 is 1.29 bits per heavy atom. The Bertz CT molecular complexity index is 745. The molecule has 0 atom stereocenters. The number of aliphatic carboxylic acids is 1. The van der Waals surface area contributed by atoms with Crippen molar-refractivity contribution in [2.45, 2.75) is 6.36 Å². The van der Waals surface area contributed by atoms with Gasteiger partial charge in [0.25, 0.3) is 5.91 Å². The zero-order valence-corrected chi connectivity index (χ0v) is 13.0. The topological polar surface area (TPSA) is 91.4 Å². The Hall–Kier alpha value is -2.36. The van der Waals surface area contributed by atoms with Crippen LogP contribution in [0.1, 0.15) is 10.5 Å². The summed E-state index contributed by atoms with van der Waals surface area (Å²) in [4.78, 5) is 25.0. The highest BCUT2D eigenvalue weighted by Crippen LogP contribution is 2.26. The lowest BCUT2D eigenvalue weighted by Crippen LogP contribution is -2.26. The average Bonchev–Trinajstić information content (AvgIpc) is 2.87. The molecule has 1 amide bonds. The standard InChI is InChI=1S/C14H13F3N2O4S/c15-14(16,17)23-9-2-1-8-5-11(19-10(8)6-9)13(22)18-3-4-24-7-12(20)21/h1-2,5-6,19H,3-4,7H2,(H,18,22)(H,20,21). The summed E-state index contributed by atoms with van der Waals surface area (Å²) in [6.45, 7) is 0.272. The van der Waals surface area contributed by atoms with E-state index in [-0.39, 0.29) is 23.7 Å². The van der Waals surface area contributed by atoms with E-state index in [4.69, 9.17) is 5.11 Å². The van der Waals surface area contributed by atoms with E-state index >= 15 is 0 Å². The monoisotopic (exact) mass is 362 g/mol. The predicted molar refractivity (Wildman–Crippen MR) is 82.3 cm³/mol. The normalized spacial score (nSPS) is 11.5. The fraction of sp³-hybridized carbons (Fsp3) is 0.286. The molecule has 10 heteroatoms. The summed E-state index contributed by atoms with van der Waals surface area (Å²) in [6.07, 6.45) is -4.78. The van der Waals surface area contributed by atoms with Gasteiger partial charge in [-0.05, 0) is 18.2 Å². The third-order valence-electron chi connectivity index (χ3n) is 2.83. The summed E-state index contributed by atoms with van der Waals surface area (Å²) < 4.78 is 40.4. The van der Waals surface area contributed by atoms with Gasteiger partial charge in [0.2, 0.25) is 0 Å². The third-order valence-corrected chi connectivity index (χ3v) is 3.77. The van der Waals surface area contributed by atoms with E-state index in [1.807, 2.05) is 0 Å². The average molecular weight is 362 g/mol. The van der Waals surface area contributed by atoms with E-state index in [9.17, 15) is 22.8 Å². The van der Waals surface area contributed by atoms with E-state index in [1.54, 1.807) is 0 Å². The minimum Gasteiger partial charge on any atom is -0.481 e. The number of hydrogen-bond acceptors (Lipinski definition) is 4. The number of halogens is 3. The van der Waals surface area contributed by atoms with Gasteiger partial charge in [-0.3, -0.25) is 9.59 Å². The first kappa shape index (κ1) is 18.0. The number of carboxylic acids is 1. The van der Waals surface area contributed by atoms with Crippen molar-refractivity contribution in [1.82, 2.24) is 10.3 Å². The number of fused-ring (bicyclic) bond motifs is 1. The molecule has 1 aromatic carbocycles. The highest BCUT2D eigenvalue weighted by Gasteiger charge is 2.31. The molecule has 2 rings (SSSR count). The quantitative estimate of drug-likeness (QED) is 0.659. The van der Waals surface area contributed by atoms with Crippen LogP contribution in [0, 0.1) is 0 Å². The maximum absolute atomic E-state index is 12.2. The van der Waals surface area contributed by atoms with E-state index in [0.717, 1.165) is 23.9 Å². The maximum atomic E-state index is 12.2. The number of aromatic nitrogens is 1. The zero-order chi connectivity index (χ0) is 17.7. The lowest BCUT2D eigenvalue weighted by atomic mass is 10.2. The van der Waals surface area contributed by atoms with Crippen LogP contribution in [-0.2, 0) is 4.79 Å². The summed E-state index contributed by atoms with van der Waals surface area (Å²) in [5, 5.41) is 11.6. The largest absolute Gasteiger partial charge is 0.573 e. The third kappa shape index (κ3) is 5.37. The second-order valence-electron chi connectivity index (χ2n) is 4.68. The molecule has 6 nitrogen and oxygen atoms in total. The van der Waals surface area contributed by atoms with Crippen molar-refractivity contribution in [3.8, 4) is 5.75 Å². The van der Waals surface area contributed by atoms with Crippen molar-refractivity contribution in [3.05, 3.63) is 30.0 Å². The van der Waals surface area contributed by atoms with E-state index in [0.29, 0.717) is 16.7 Å². The van der Waals surface area contributed by atoms with Crippen LogP contribution in [0.25, 0.3) is 10.9 Å². The number of aromatic amines is 1. The van der Waals surface area contributed by atoms with Gasteiger partial charge >= 0.3 is 12.3 Å². The molecule has 3 N–H and O–H groups in total. The van der Waals surface area contributed by atoms with Crippen molar-refractivity contribution in [3.63, 3.8) is 0 Å². The molecule has 0 saturated carbocycles. The number of nitrogens with one attached hydrogen (secondary N) is 2. The number of alkyl halides is 3. The number of H-pyrrole nitrogens is 1. The second-order valence-corrected chi connectivity index (χ2v) is 5.79. The number of rotatable bonds is 7. The highest BCUT2D eigenvalue weighted by atomic mass is 32.2. The zero-order valence-electron chi connectivity index (χ0n) is 12.1. The molecule has 2 aromatic rings. The van der Waals surface area contributed by atoms with Gasteiger partial charge in [0.05, 0.1) is 5.75 Å². The van der Waals surface area contributed by atoms with Crippen LogP contribution in [0.4, 0.5) is 13.2 Å². The lowest BCUT2D eigenvalue weighted by Gasteiger charge is -2.08. The van der Waals surface area contributed by atoms with Crippen molar-refractivity contribution in [1.29, 1.82) is 0 Å². The van der Waals surface area contributed by atoms with Gasteiger partial charge in [-0.1, -0.05) is 0 Å². The summed E-state index contributed by atoms with van der Waals surface area (Å²) in [7, 11) is 0. The molecule has 0 radical (unpaired) electrons. The van der Waals surface area contributed by atoms with Gasteiger partial charge in [-0.25, -0.2) is 0 Å². The van der Waals surface area contributed by atoms with Gasteiger partial charge < -0.3 is 20.1 Å². The van der Waals surface area contributed by atoms with Gasteiger partial charge in [0.1, 0.15) is 11.4 Å². The first-order valence-electron chi connectivity index (χ1n) is 6.71. The van der Waals surface area contributed by atoms with Gasteiger partial charge in [0.15, 0.2) is 0 Å². The molecular weight excluding hydrogens is 349 g/mol. The van der Waals surface area contributed by atoms with Gasteiger partial charge in [-0.2, -0.15) is 0 Å². The molecular formula is C14H13F3N2O4S. The molecule has 0 aliphatic carbocycles. The molecule has 0 saturated heterocycles. The first-order valence-corrected chi connectivity index (χ1v) is 7.86. The Morgan fingerprint density at radius 3 is 2.71 bits per heavy atom. The maximum Gasteiger partial charge on any atom is 0.573 e. The Morgan fingerprint density at radius 2 is 2.04 bits per heavy atom. The molecule has 0 unspecified atom stereocenters. The van der Waals surface area contributed by atoms with Crippen LogP contribution < -0.4 is 10.1 Å². The van der Waals surface area contributed by atoms with Crippen LogP contribution in [-0.4, -0.2) is 46.4 Å². The molecule has 1 heterocycles. The Labute approximate surface area is 138 Å². The van der Waals surface area contributed by atoms with Crippen LogP contribution in [0.3, 0.4) is 0 Å². The summed E-state index contributed by atoms with van der Waals surface area (Å²) >= 11 is 1.16. The van der Waals surface area contributed by atoms with Gasteiger partial charge in [-0.15, -0.1) is 24.9 Å². The van der Waals surface area contributed by atoms with E-state index < -0.39 is 18.2 Å². The first-order chi connectivity index (χ1) is 11.2. The van der Waals surface area contributed by atoms with Crippen LogP contribution in [0.15, 0.2) is 24.3 Å². The summed E-state index contributed by atoms with van der Waals surface area (Å²) in [5.41, 5.74) is 0.527. The number of hydrogen-bond donors (Lipinski definition) is 3. The molecule has 0 bridgehead atoms. The van der Waals surface area contributed by atoms with Crippen molar-refractivity contribution in [2.24, 2.45) is 0 Å².